The van der Waals surface area contributed by atoms with Crippen LogP contribution in [0.1, 0.15) is 12.5 Å². The lowest BCUT2D eigenvalue weighted by Gasteiger charge is -2.24. The minimum absolute atomic E-state index is 0.179. The number of hydrogen-bond acceptors (Lipinski definition) is 4. The first kappa shape index (κ1) is 13.8. The number of aromatic hydroxyl groups is 1. The Hall–Kier alpha value is -1.26. The van der Waals surface area contributed by atoms with E-state index in [1.807, 2.05) is 13.1 Å². The molecule has 0 fully saturated rings. The lowest BCUT2D eigenvalue weighted by atomic mass is 10.1. The highest BCUT2D eigenvalue weighted by Gasteiger charge is 2.10. The zero-order valence-electron chi connectivity index (χ0n) is 10.9. The van der Waals surface area contributed by atoms with Crippen LogP contribution in [-0.2, 0) is 11.3 Å². The van der Waals surface area contributed by atoms with Crippen molar-refractivity contribution in [1.82, 2.24) is 4.90 Å². The van der Waals surface area contributed by atoms with Crippen molar-refractivity contribution in [1.29, 1.82) is 0 Å². The van der Waals surface area contributed by atoms with Crippen molar-refractivity contribution in [3.8, 4) is 11.5 Å². The molecule has 1 unspecified atom stereocenters. The van der Waals surface area contributed by atoms with Crippen molar-refractivity contribution in [2.24, 2.45) is 0 Å². The number of nitrogens with zero attached hydrogens (tertiary/aromatic N) is 1. The summed E-state index contributed by atoms with van der Waals surface area (Å²) in [5, 5.41) is 9.68. The fraction of sp³-hybridized carbons (Fsp3) is 0.538. The van der Waals surface area contributed by atoms with Crippen LogP contribution >= 0.6 is 0 Å². The predicted octanol–water partition coefficient (Wildman–Crippen LogP) is 1.87. The Morgan fingerprint density at radius 1 is 1.35 bits per heavy atom. The summed E-state index contributed by atoms with van der Waals surface area (Å²) in [7, 11) is 5.27. The smallest absolute Gasteiger partial charge is 0.160 e. The highest BCUT2D eigenvalue weighted by molar-refractivity contribution is 5.41. The van der Waals surface area contributed by atoms with Crippen molar-refractivity contribution >= 4 is 0 Å². The van der Waals surface area contributed by atoms with E-state index in [4.69, 9.17) is 9.47 Å². The van der Waals surface area contributed by atoms with Gasteiger partial charge < -0.3 is 14.6 Å². The number of ether oxygens (including phenoxy) is 2. The zero-order chi connectivity index (χ0) is 12.8. The maximum atomic E-state index is 9.68. The van der Waals surface area contributed by atoms with E-state index in [1.54, 1.807) is 26.4 Å². The van der Waals surface area contributed by atoms with Crippen LogP contribution in [0.4, 0.5) is 0 Å². The van der Waals surface area contributed by atoms with E-state index in [1.165, 1.54) is 0 Å². The van der Waals surface area contributed by atoms with Crippen LogP contribution in [0.15, 0.2) is 18.2 Å². The van der Waals surface area contributed by atoms with Crippen LogP contribution in [0.2, 0.25) is 0 Å². The maximum absolute atomic E-state index is 9.68. The van der Waals surface area contributed by atoms with Gasteiger partial charge in [-0.3, -0.25) is 4.90 Å². The van der Waals surface area contributed by atoms with Crippen LogP contribution in [0.25, 0.3) is 0 Å². The van der Waals surface area contributed by atoms with Gasteiger partial charge in [0.2, 0.25) is 0 Å². The van der Waals surface area contributed by atoms with Gasteiger partial charge in [-0.1, -0.05) is 6.07 Å². The van der Waals surface area contributed by atoms with Gasteiger partial charge in [0.05, 0.1) is 13.7 Å². The molecule has 0 aromatic heterocycles. The summed E-state index contributed by atoms with van der Waals surface area (Å²) in [6.07, 6.45) is 0. The summed E-state index contributed by atoms with van der Waals surface area (Å²) in [6, 6.07) is 5.80. The average Bonchev–Trinajstić information content (AvgIpc) is 2.29. The van der Waals surface area contributed by atoms with E-state index in [-0.39, 0.29) is 5.75 Å². The molecule has 0 bridgehead atoms. The molecular formula is C13H21NO3. The van der Waals surface area contributed by atoms with Crippen molar-refractivity contribution in [3.63, 3.8) is 0 Å². The molecule has 0 amide bonds. The van der Waals surface area contributed by atoms with Gasteiger partial charge in [-0.05, 0) is 31.7 Å². The molecule has 0 radical (unpaired) electrons. The average molecular weight is 239 g/mol. The minimum Gasteiger partial charge on any atom is -0.504 e. The predicted molar refractivity (Wildman–Crippen MR) is 67.5 cm³/mol. The lowest BCUT2D eigenvalue weighted by molar-refractivity contribution is 0.112. The molecule has 1 N–H and O–H groups in total. The van der Waals surface area contributed by atoms with Crippen molar-refractivity contribution in [3.05, 3.63) is 23.8 Å². The van der Waals surface area contributed by atoms with Gasteiger partial charge in [-0.2, -0.15) is 0 Å². The number of rotatable bonds is 6. The quantitative estimate of drug-likeness (QED) is 0.823. The molecule has 96 valence electrons. The minimum atomic E-state index is 0.179. The third-order valence-corrected chi connectivity index (χ3v) is 2.84. The summed E-state index contributed by atoms with van der Waals surface area (Å²) in [4.78, 5) is 2.17. The van der Waals surface area contributed by atoms with Gasteiger partial charge >= 0.3 is 0 Å². The molecule has 0 aliphatic rings. The Morgan fingerprint density at radius 3 is 2.59 bits per heavy atom. The van der Waals surface area contributed by atoms with E-state index in [0.29, 0.717) is 18.4 Å². The second-order valence-corrected chi connectivity index (χ2v) is 4.23. The first-order valence-corrected chi connectivity index (χ1v) is 5.63. The number of methoxy groups -OCH3 is 2. The molecule has 1 aromatic carbocycles. The second-order valence-electron chi connectivity index (χ2n) is 4.23. The zero-order valence-corrected chi connectivity index (χ0v) is 10.9. The van der Waals surface area contributed by atoms with E-state index in [2.05, 4.69) is 11.8 Å². The maximum Gasteiger partial charge on any atom is 0.160 e. The molecule has 4 nitrogen and oxygen atoms in total. The van der Waals surface area contributed by atoms with E-state index >= 15 is 0 Å². The number of phenolic OH excluding ortho intramolecular Hbond substituents is 1. The van der Waals surface area contributed by atoms with E-state index in [0.717, 1.165) is 12.1 Å². The Balaban J connectivity index is 2.65. The molecule has 0 aliphatic carbocycles. The molecule has 0 saturated carbocycles. The number of phenols is 1. The van der Waals surface area contributed by atoms with Crippen LogP contribution in [-0.4, -0.2) is 43.9 Å². The Bertz CT molecular complexity index is 355. The number of benzene rings is 1. The molecule has 1 rings (SSSR count). The first-order chi connectivity index (χ1) is 8.08. The van der Waals surface area contributed by atoms with Gasteiger partial charge in [-0.25, -0.2) is 0 Å². The lowest BCUT2D eigenvalue weighted by Crippen LogP contribution is -2.32. The van der Waals surface area contributed by atoms with Crippen molar-refractivity contribution < 1.29 is 14.6 Å². The topological polar surface area (TPSA) is 41.9 Å². The summed E-state index contributed by atoms with van der Waals surface area (Å²) >= 11 is 0. The molecule has 0 saturated heterocycles. The van der Waals surface area contributed by atoms with Crippen LogP contribution in [0.3, 0.4) is 0 Å². The number of likely N-dealkylation sites (N-methyl/N-ethyl adjacent to an activating group) is 1. The van der Waals surface area contributed by atoms with Crippen molar-refractivity contribution in [2.45, 2.75) is 19.5 Å². The third-order valence-electron chi connectivity index (χ3n) is 2.84. The molecular weight excluding hydrogens is 218 g/mol. The van der Waals surface area contributed by atoms with Gasteiger partial charge in [0, 0.05) is 19.7 Å². The summed E-state index contributed by atoms with van der Waals surface area (Å²) in [5.74, 6) is 0.680. The van der Waals surface area contributed by atoms with Crippen LogP contribution in [0.5, 0.6) is 11.5 Å². The van der Waals surface area contributed by atoms with Gasteiger partial charge in [0.25, 0.3) is 0 Å². The SMILES string of the molecule is COCC(C)N(C)Cc1ccc(OC)c(O)c1. The normalized spacial score (nSPS) is 12.8. The second kappa shape index (κ2) is 6.47. The monoisotopic (exact) mass is 239 g/mol. The largest absolute Gasteiger partial charge is 0.504 e. The third kappa shape index (κ3) is 3.91. The standard InChI is InChI=1S/C13H21NO3/c1-10(9-16-3)14(2)8-11-5-6-13(17-4)12(15)7-11/h5-7,10,15H,8-9H2,1-4H3. The van der Waals surface area contributed by atoms with E-state index in [9.17, 15) is 5.11 Å². The Labute approximate surface area is 103 Å². The molecule has 17 heavy (non-hydrogen) atoms. The molecule has 1 aromatic rings. The summed E-state index contributed by atoms with van der Waals surface area (Å²) in [5.41, 5.74) is 1.05. The van der Waals surface area contributed by atoms with Gasteiger partial charge in [0.1, 0.15) is 0 Å². The van der Waals surface area contributed by atoms with E-state index < -0.39 is 0 Å². The first-order valence-electron chi connectivity index (χ1n) is 5.63. The summed E-state index contributed by atoms with van der Waals surface area (Å²) in [6.45, 7) is 3.56. The Kier molecular flexibility index (Phi) is 5.25. The highest BCUT2D eigenvalue weighted by atomic mass is 16.5. The van der Waals surface area contributed by atoms with Gasteiger partial charge in [-0.15, -0.1) is 0 Å². The van der Waals surface area contributed by atoms with Crippen molar-refractivity contribution in [2.75, 3.05) is 27.9 Å². The van der Waals surface area contributed by atoms with Crippen LogP contribution < -0.4 is 4.74 Å². The molecule has 0 aliphatic heterocycles. The van der Waals surface area contributed by atoms with Gasteiger partial charge in [0.15, 0.2) is 11.5 Å². The number of hydrogen-bond donors (Lipinski definition) is 1. The molecule has 4 heteroatoms. The molecule has 1 atom stereocenters. The summed E-state index contributed by atoms with van der Waals surface area (Å²) < 4.78 is 10.1. The molecule has 0 spiro atoms. The fourth-order valence-electron chi connectivity index (χ4n) is 1.65. The highest BCUT2D eigenvalue weighted by Crippen LogP contribution is 2.26. The van der Waals surface area contributed by atoms with Crippen LogP contribution in [0, 0.1) is 0 Å². The Morgan fingerprint density at radius 2 is 2.06 bits per heavy atom. The molecule has 0 heterocycles. The fourth-order valence-corrected chi connectivity index (χ4v) is 1.65.